The Morgan fingerprint density at radius 1 is 1.23 bits per heavy atom. The van der Waals surface area contributed by atoms with Gasteiger partial charge in [-0.25, -0.2) is 0 Å². The van der Waals surface area contributed by atoms with Gasteiger partial charge in [-0.1, -0.05) is 5.16 Å². The summed E-state index contributed by atoms with van der Waals surface area (Å²) >= 11 is 0. The number of benzene rings is 1. The van der Waals surface area contributed by atoms with Gasteiger partial charge in [-0.2, -0.15) is 4.98 Å². The van der Waals surface area contributed by atoms with Crippen molar-refractivity contribution >= 4 is 11.6 Å². The third-order valence-electron chi connectivity index (χ3n) is 3.85. The van der Waals surface area contributed by atoms with Gasteiger partial charge in [0, 0.05) is 24.7 Å². The summed E-state index contributed by atoms with van der Waals surface area (Å²) in [6.07, 6.45) is 0.371. The summed E-state index contributed by atoms with van der Waals surface area (Å²) in [7, 11) is 0. The number of carbonyl (C=O) groups is 1. The minimum absolute atomic E-state index is 0.0394. The molecule has 0 saturated carbocycles. The van der Waals surface area contributed by atoms with Crippen LogP contribution in [0.3, 0.4) is 0 Å². The summed E-state index contributed by atoms with van der Waals surface area (Å²) in [4.78, 5) is 18.2. The van der Waals surface area contributed by atoms with E-state index in [1.165, 1.54) is 0 Å². The third kappa shape index (κ3) is 2.18. The lowest BCUT2D eigenvalue weighted by molar-refractivity contribution is -0.117. The number of hydrogen-bond donors (Lipinski definition) is 0. The Kier molecular flexibility index (Phi) is 2.99. The number of aryl methyl sites for hydroxylation is 1. The van der Waals surface area contributed by atoms with E-state index >= 15 is 0 Å². The van der Waals surface area contributed by atoms with Crippen molar-refractivity contribution in [3.8, 4) is 11.5 Å². The van der Waals surface area contributed by atoms with Gasteiger partial charge < -0.3 is 18.9 Å². The van der Waals surface area contributed by atoms with E-state index in [1.807, 2.05) is 18.2 Å². The molecular weight excluding hydrogens is 286 g/mol. The fourth-order valence-corrected chi connectivity index (χ4v) is 2.80. The third-order valence-corrected chi connectivity index (χ3v) is 3.85. The Bertz CT molecular complexity index is 727. The van der Waals surface area contributed by atoms with Crippen molar-refractivity contribution in [1.29, 1.82) is 0 Å². The van der Waals surface area contributed by atoms with Crippen molar-refractivity contribution in [3.63, 3.8) is 0 Å². The molecule has 1 aromatic carbocycles. The zero-order valence-corrected chi connectivity index (χ0v) is 12.1. The summed E-state index contributed by atoms with van der Waals surface area (Å²) in [6.45, 7) is 3.37. The van der Waals surface area contributed by atoms with Crippen molar-refractivity contribution < 1.29 is 18.8 Å². The molecule has 2 aliphatic heterocycles. The van der Waals surface area contributed by atoms with Crippen LogP contribution in [0.25, 0.3) is 0 Å². The molecule has 0 N–H and O–H groups in total. The largest absolute Gasteiger partial charge is 0.486 e. The highest BCUT2D eigenvalue weighted by Crippen LogP contribution is 2.37. The molecule has 3 heterocycles. The van der Waals surface area contributed by atoms with Gasteiger partial charge in [-0.15, -0.1) is 0 Å². The molecule has 7 heteroatoms. The number of anilines is 1. The first-order valence-corrected chi connectivity index (χ1v) is 7.21. The molecule has 1 aromatic heterocycles. The second-order valence-corrected chi connectivity index (χ2v) is 5.41. The monoisotopic (exact) mass is 301 g/mol. The summed E-state index contributed by atoms with van der Waals surface area (Å²) in [5, 5.41) is 3.79. The van der Waals surface area contributed by atoms with Gasteiger partial charge in [0.25, 0.3) is 0 Å². The maximum absolute atomic E-state index is 12.3. The molecular formula is C15H15N3O4. The molecule has 2 aromatic rings. The molecule has 22 heavy (non-hydrogen) atoms. The van der Waals surface area contributed by atoms with E-state index in [0.29, 0.717) is 49.4 Å². The van der Waals surface area contributed by atoms with E-state index in [0.717, 1.165) is 5.69 Å². The minimum Gasteiger partial charge on any atom is -0.486 e. The molecule has 1 saturated heterocycles. The van der Waals surface area contributed by atoms with Crippen molar-refractivity contribution in [2.45, 2.75) is 19.3 Å². The second-order valence-electron chi connectivity index (χ2n) is 5.41. The maximum atomic E-state index is 12.3. The van der Waals surface area contributed by atoms with Crippen molar-refractivity contribution in [1.82, 2.24) is 10.1 Å². The predicted octanol–water partition coefficient (Wildman–Crippen LogP) is 1.67. The predicted molar refractivity (Wildman–Crippen MR) is 76.2 cm³/mol. The highest BCUT2D eigenvalue weighted by Gasteiger charge is 2.35. The van der Waals surface area contributed by atoms with Crippen molar-refractivity contribution in [2.75, 3.05) is 24.7 Å². The molecule has 2 aliphatic rings. The lowest BCUT2D eigenvalue weighted by Gasteiger charge is -2.22. The quantitative estimate of drug-likeness (QED) is 0.839. The van der Waals surface area contributed by atoms with Crippen LogP contribution in [0.5, 0.6) is 11.5 Å². The van der Waals surface area contributed by atoms with E-state index < -0.39 is 0 Å². The second kappa shape index (κ2) is 5.01. The molecule has 4 rings (SSSR count). The Balaban J connectivity index is 1.59. The van der Waals surface area contributed by atoms with Gasteiger partial charge in [0.1, 0.15) is 13.2 Å². The number of rotatable bonds is 2. The average molecular weight is 301 g/mol. The Hall–Kier alpha value is -2.57. The summed E-state index contributed by atoms with van der Waals surface area (Å²) < 4.78 is 16.3. The lowest BCUT2D eigenvalue weighted by Crippen LogP contribution is -2.24. The van der Waals surface area contributed by atoms with Crippen molar-refractivity contribution in [2.24, 2.45) is 0 Å². The Morgan fingerprint density at radius 2 is 2.05 bits per heavy atom. The molecule has 7 nitrogen and oxygen atoms in total. The molecule has 0 spiro atoms. The van der Waals surface area contributed by atoms with E-state index in [2.05, 4.69) is 10.1 Å². The van der Waals surface area contributed by atoms with E-state index in [9.17, 15) is 4.79 Å². The maximum Gasteiger partial charge on any atom is 0.232 e. The molecule has 0 aliphatic carbocycles. The topological polar surface area (TPSA) is 77.7 Å². The Labute approximate surface area is 126 Å². The number of hydrogen-bond acceptors (Lipinski definition) is 6. The number of nitrogens with zero attached hydrogens (tertiary/aromatic N) is 3. The number of ether oxygens (including phenoxy) is 2. The van der Waals surface area contributed by atoms with Gasteiger partial charge in [0.05, 0.1) is 5.92 Å². The normalized spacial score (nSPS) is 20.5. The van der Waals surface area contributed by atoms with Crippen molar-refractivity contribution in [3.05, 3.63) is 29.9 Å². The number of fused-ring (bicyclic) bond motifs is 1. The summed E-state index contributed by atoms with van der Waals surface area (Å²) in [5.74, 6) is 2.46. The van der Waals surface area contributed by atoms with Crippen LogP contribution in [0.4, 0.5) is 5.69 Å². The molecule has 1 amide bonds. The Morgan fingerprint density at radius 3 is 2.82 bits per heavy atom. The standard InChI is InChI=1S/C15H15N3O4/c1-9-16-15(22-17-9)10-6-14(19)18(8-10)11-2-3-12-13(7-11)21-5-4-20-12/h2-3,7,10H,4-6,8H2,1H3. The van der Waals surface area contributed by atoms with Gasteiger partial charge in [0.15, 0.2) is 17.3 Å². The SMILES string of the molecule is Cc1noc(C2CC(=O)N(c3ccc4c(c3)OCCO4)C2)n1. The highest BCUT2D eigenvalue weighted by atomic mass is 16.6. The van der Waals surface area contributed by atoms with Crippen LogP contribution in [0, 0.1) is 6.92 Å². The zero-order chi connectivity index (χ0) is 15.1. The van der Waals surface area contributed by atoms with Crippen LogP contribution in [0.1, 0.15) is 24.1 Å². The first kappa shape index (κ1) is 13.1. The fraction of sp³-hybridized carbons (Fsp3) is 0.400. The van der Waals surface area contributed by atoms with Crippen LogP contribution in [-0.2, 0) is 4.79 Å². The van der Waals surface area contributed by atoms with E-state index in [4.69, 9.17) is 14.0 Å². The van der Waals surface area contributed by atoms with E-state index in [-0.39, 0.29) is 11.8 Å². The smallest absolute Gasteiger partial charge is 0.232 e. The van der Waals surface area contributed by atoms with Crippen LogP contribution < -0.4 is 14.4 Å². The minimum atomic E-state index is -0.0677. The first-order valence-electron chi connectivity index (χ1n) is 7.21. The average Bonchev–Trinajstić information content (AvgIpc) is 3.13. The summed E-state index contributed by atoms with van der Waals surface area (Å²) in [6, 6.07) is 5.54. The number of carbonyl (C=O) groups excluding carboxylic acids is 1. The highest BCUT2D eigenvalue weighted by molar-refractivity contribution is 5.96. The fourth-order valence-electron chi connectivity index (χ4n) is 2.80. The van der Waals surface area contributed by atoms with Crippen LogP contribution in [0.15, 0.2) is 22.7 Å². The molecule has 1 unspecified atom stereocenters. The van der Waals surface area contributed by atoms with Gasteiger partial charge in [-0.05, 0) is 19.1 Å². The first-order chi connectivity index (χ1) is 10.7. The van der Waals surface area contributed by atoms with Crippen LogP contribution in [-0.4, -0.2) is 35.8 Å². The summed E-state index contributed by atoms with van der Waals surface area (Å²) in [5.41, 5.74) is 0.799. The van der Waals surface area contributed by atoms with Crippen LogP contribution in [0.2, 0.25) is 0 Å². The van der Waals surface area contributed by atoms with E-state index in [1.54, 1.807) is 11.8 Å². The van der Waals surface area contributed by atoms with Crippen LogP contribution >= 0.6 is 0 Å². The number of aromatic nitrogens is 2. The molecule has 1 atom stereocenters. The molecule has 0 radical (unpaired) electrons. The zero-order valence-electron chi connectivity index (χ0n) is 12.1. The van der Waals surface area contributed by atoms with Gasteiger partial charge in [0.2, 0.25) is 11.8 Å². The number of amides is 1. The molecule has 0 bridgehead atoms. The van der Waals surface area contributed by atoms with Gasteiger partial charge >= 0.3 is 0 Å². The lowest BCUT2D eigenvalue weighted by atomic mass is 10.1. The molecule has 114 valence electrons. The van der Waals surface area contributed by atoms with Gasteiger partial charge in [-0.3, -0.25) is 4.79 Å². The molecule has 1 fully saturated rings.